The summed E-state index contributed by atoms with van der Waals surface area (Å²) in [5, 5.41) is 3.10. The van der Waals surface area contributed by atoms with Gasteiger partial charge >= 0.3 is 6.18 Å². The molecule has 1 heterocycles. The maximum absolute atomic E-state index is 12.6. The van der Waals surface area contributed by atoms with Gasteiger partial charge in [-0.15, -0.1) is 0 Å². The van der Waals surface area contributed by atoms with Gasteiger partial charge in [-0.25, -0.2) is 4.98 Å². The number of nitrogens with zero attached hydrogens (tertiary/aromatic N) is 1. The summed E-state index contributed by atoms with van der Waals surface area (Å²) in [6.45, 7) is 0. The van der Waals surface area contributed by atoms with E-state index in [1.54, 1.807) is 0 Å². The highest BCUT2D eigenvalue weighted by Crippen LogP contribution is 2.35. The number of rotatable bonds is 2. The summed E-state index contributed by atoms with van der Waals surface area (Å²) < 4.78 is 37.9. The second kappa shape index (κ2) is 5.38. The first-order valence-corrected chi connectivity index (χ1v) is 6.08. The van der Waals surface area contributed by atoms with Crippen LogP contribution in [0.4, 0.5) is 30.4 Å². The molecule has 0 amide bonds. The minimum atomic E-state index is -4.46. The third-order valence-electron chi connectivity index (χ3n) is 2.43. The highest BCUT2D eigenvalue weighted by Gasteiger charge is 2.31. The van der Waals surface area contributed by atoms with E-state index in [1.165, 1.54) is 12.3 Å². The van der Waals surface area contributed by atoms with Gasteiger partial charge in [0.05, 0.1) is 27.0 Å². The molecule has 106 valence electrons. The molecule has 0 spiro atoms. The second-order valence-electron chi connectivity index (χ2n) is 3.91. The van der Waals surface area contributed by atoms with Crippen LogP contribution in [-0.2, 0) is 6.18 Å². The summed E-state index contributed by atoms with van der Waals surface area (Å²) in [7, 11) is 0. The van der Waals surface area contributed by atoms with E-state index in [-0.39, 0.29) is 22.2 Å². The van der Waals surface area contributed by atoms with Crippen molar-refractivity contribution in [3.63, 3.8) is 0 Å². The number of nitrogens with one attached hydrogen (secondary N) is 1. The number of benzene rings is 1. The molecule has 20 heavy (non-hydrogen) atoms. The van der Waals surface area contributed by atoms with Crippen LogP contribution in [0.15, 0.2) is 30.5 Å². The van der Waals surface area contributed by atoms with E-state index in [9.17, 15) is 13.2 Å². The molecule has 1 aromatic heterocycles. The molecule has 0 aliphatic carbocycles. The van der Waals surface area contributed by atoms with E-state index in [0.29, 0.717) is 5.02 Å². The van der Waals surface area contributed by atoms with Crippen molar-refractivity contribution < 1.29 is 13.2 Å². The Balaban J connectivity index is 2.38. The summed E-state index contributed by atoms with van der Waals surface area (Å²) in [6, 6.07) is 4.36. The molecular formula is C12H8Cl2F3N3. The van der Waals surface area contributed by atoms with Gasteiger partial charge in [0, 0.05) is 6.20 Å². The maximum atomic E-state index is 12.6. The molecule has 0 atom stereocenters. The minimum Gasteiger partial charge on any atom is -0.396 e. The number of halogens is 5. The molecule has 3 N–H and O–H groups in total. The molecule has 0 saturated carbocycles. The van der Waals surface area contributed by atoms with E-state index in [4.69, 9.17) is 28.9 Å². The Bertz CT molecular complexity index is 644. The Morgan fingerprint density at radius 1 is 1.15 bits per heavy atom. The molecule has 0 aliphatic heterocycles. The molecule has 2 aromatic rings. The monoisotopic (exact) mass is 321 g/mol. The molecule has 0 unspecified atom stereocenters. The number of hydrogen-bond donors (Lipinski definition) is 2. The quantitative estimate of drug-likeness (QED) is 0.840. The zero-order chi connectivity index (χ0) is 14.9. The predicted octanol–water partition coefficient (Wildman–Crippen LogP) is 4.73. The molecule has 0 saturated heterocycles. The van der Waals surface area contributed by atoms with Gasteiger partial charge in [-0.2, -0.15) is 13.2 Å². The van der Waals surface area contributed by atoms with E-state index < -0.39 is 11.7 Å². The zero-order valence-electron chi connectivity index (χ0n) is 9.80. The first-order valence-electron chi connectivity index (χ1n) is 5.32. The summed E-state index contributed by atoms with van der Waals surface area (Å²) in [5.41, 5.74) is 5.10. The summed E-state index contributed by atoms with van der Waals surface area (Å²) in [6.07, 6.45) is -3.14. The number of aromatic nitrogens is 1. The molecule has 0 radical (unpaired) electrons. The Morgan fingerprint density at radius 2 is 1.85 bits per heavy atom. The molecule has 0 fully saturated rings. The SMILES string of the molecule is Nc1cc(Cl)cnc1Nc1cc(C(F)(F)F)ccc1Cl. The lowest BCUT2D eigenvalue weighted by Crippen LogP contribution is -2.06. The first kappa shape index (κ1) is 14.7. The van der Waals surface area contributed by atoms with Crippen molar-refractivity contribution >= 4 is 40.4 Å². The predicted molar refractivity (Wildman–Crippen MR) is 73.4 cm³/mol. The average Bonchev–Trinajstić information content (AvgIpc) is 2.33. The normalized spacial score (nSPS) is 11.4. The third kappa shape index (κ3) is 3.26. The molecule has 0 bridgehead atoms. The van der Waals surface area contributed by atoms with Crippen molar-refractivity contribution in [1.82, 2.24) is 4.98 Å². The summed E-state index contributed by atoms with van der Waals surface area (Å²) >= 11 is 11.5. The second-order valence-corrected chi connectivity index (χ2v) is 4.75. The summed E-state index contributed by atoms with van der Waals surface area (Å²) in [4.78, 5) is 3.90. The lowest BCUT2D eigenvalue weighted by molar-refractivity contribution is -0.137. The van der Waals surface area contributed by atoms with Crippen molar-refractivity contribution in [1.29, 1.82) is 0 Å². The number of anilines is 3. The Morgan fingerprint density at radius 3 is 2.45 bits per heavy atom. The fourth-order valence-electron chi connectivity index (χ4n) is 1.48. The van der Waals surface area contributed by atoms with Crippen molar-refractivity contribution in [3.05, 3.63) is 46.1 Å². The lowest BCUT2D eigenvalue weighted by atomic mass is 10.2. The van der Waals surface area contributed by atoms with Crippen molar-refractivity contribution in [3.8, 4) is 0 Å². The fourth-order valence-corrected chi connectivity index (χ4v) is 1.82. The van der Waals surface area contributed by atoms with Crippen LogP contribution in [-0.4, -0.2) is 4.98 Å². The van der Waals surface area contributed by atoms with Gasteiger partial charge in [0.25, 0.3) is 0 Å². The largest absolute Gasteiger partial charge is 0.416 e. The zero-order valence-corrected chi connectivity index (χ0v) is 11.3. The number of nitrogen functional groups attached to an aromatic ring is 1. The van der Waals surface area contributed by atoms with Gasteiger partial charge in [-0.3, -0.25) is 0 Å². The Kier molecular flexibility index (Phi) is 3.96. The van der Waals surface area contributed by atoms with Crippen LogP contribution in [0.1, 0.15) is 5.56 Å². The molecular weight excluding hydrogens is 314 g/mol. The van der Waals surface area contributed by atoms with E-state index in [2.05, 4.69) is 10.3 Å². The van der Waals surface area contributed by atoms with Gasteiger partial charge < -0.3 is 11.1 Å². The van der Waals surface area contributed by atoms with Crippen molar-refractivity contribution in [2.75, 3.05) is 11.1 Å². The number of nitrogens with two attached hydrogens (primary N) is 1. The van der Waals surface area contributed by atoms with Crippen LogP contribution < -0.4 is 11.1 Å². The molecule has 8 heteroatoms. The van der Waals surface area contributed by atoms with Gasteiger partial charge in [0.1, 0.15) is 0 Å². The van der Waals surface area contributed by atoms with E-state index >= 15 is 0 Å². The van der Waals surface area contributed by atoms with Crippen LogP contribution in [0, 0.1) is 0 Å². The van der Waals surface area contributed by atoms with Crippen LogP contribution in [0.3, 0.4) is 0 Å². The Labute approximate surface area is 122 Å². The van der Waals surface area contributed by atoms with E-state index in [0.717, 1.165) is 18.2 Å². The molecule has 2 rings (SSSR count). The van der Waals surface area contributed by atoms with Crippen LogP contribution in [0.25, 0.3) is 0 Å². The maximum Gasteiger partial charge on any atom is 0.416 e. The van der Waals surface area contributed by atoms with Crippen molar-refractivity contribution in [2.45, 2.75) is 6.18 Å². The topological polar surface area (TPSA) is 50.9 Å². The summed E-state index contributed by atoms with van der Waals surface area (Å²) in [5.74, 6) is 0.177. The highest BCUT2D eigenvalue weighted by molar-refractivity contribution is 6.33. The Hall–Kier alpha value is -1.66. The molecule has 3 nitrogen and oxygen atoms in total. The van der Waals surface area contributed by atoms with Crippen LogP contribution in [0.5, 0.6) is 0 Å². The van der Waals surface area contributed by atoms with Gasteiger partial charge in [0.2, 0.25) is 0 Å². The standard InChI is InChI=1S/C12H8Cl2F3N3/c13-7-4-9(18)11(19-5-7)20-10-3-6(12(15,16)17)1-2-8(10)14/h1-5H,18H2,(H,19,20). The number of pyridine rings is 1. The van der Waals surface area contributed by atoms with E-state index in [1.807, 2.05) is 0 Å². The highest BCUT2D eigenvalue weighted by atomic mass is 35.5. The van der Waals surface area contributed by atoms with Gasteiger partial charge in [-0.1, -0.05) is 23.2 Å². The van der Waals surface area contributed by atoms with Gasteiger partial charge in [0.15, 0.2) is 5.82 Å². The number of alkyl halides is 3. The third-order valence-corrected chi connectivity index (χ3v) is 2.97. The van der Waals surface area contributed by atoms with Crippen molar-refractivity contribution in [2.24, 2.45) is 0 Å². The van der Waals surface area contributed by atoms with Gasteiger partial charge in [-0.05, 0) is 24.3 Å². The first-order chi connectivity index (χ1) is 9.27. The fraction of sp³-hybridized carbons (Fsp3) is 0.0833. The molecule has 0 aliphatic rings. The average molecular weight is 322 g/mol. The lowest BCUT2D eigenvalue weighted by Gasteiger charge is -2.13. The number of hydrogen-bond acceptors (Lipinski definition) is 3. The van der Waals surface area contributed by atoms with Crippen LogP contribution in [0.2, 0.25) is 10.0 Å². The molecule has 1 aromatic carbocycles. The van der Waals surface area contributed by atoms with Crippen LogP contribution >= 0.6 is 23.2 Å². The smallest absolute Gasteiger partial charge is 0.396 e. The minimum absolute atomic E-state index is 0.0583.